The monoisotopic (exact) mass is 347 g/mol. The molecule has 1 saturated heterocycles. The molecule has 1 fully saturated rings. The maximum atomic E-state index is 5.62. The van der Waals surface area contributed by atoms with E-state index >= 15 is 0 Å². The van der Waals surface area contributed by atoms with Crippen LogP contribution >= 0.6 is 0 Å². The Labute approximate surface area is 154 Å². The van der Waals surface area contributed by atoms with Gasteiger partial charge in [0.2, 0.25) is 0 Å². The summed E-state index contributed by atoms with van der Waals surface area (Å²) in [6.07, 6.45) is 5.16. The molecule has 3 nitrogen and oxygen atoms in total. The van der Waals surface area contributed by atoms with Gasteiger partial charge in [0.05, 0.1) is 14.2 Å². The van der Waals surface area contributed by atoms with Gasteiger partial charge in [-0.25, -0.2) is 0 Å². The van der Waals surface area contributed by atoms with Crippen LogP contribution < -0.4 is 9.47 Å². The second-order valence-corrected chi connectivity index (χ2v) is 7.58. The Morgan fingerprint density at radius 2 is 1.58 bits per heavy atom. The Balaban J connectivity index is 1.84. The number of methoxy groups -OCH3 is 2. The average Bonchev–Trinajstić information content (AvgIpc) is 2.71. The summed E-state index contributed by atoms with van der Waals surface area (Å²) in [7, 11) is 3.43. The third kappa shape index (κ3) is 2.30. The van der Waals surface area contributed by atoms with Crippen molar-refractivity contribution in [3.8, 4) is 11.5 Å². The Kier molecular flexibility index (Phi) is 3.79. The summed E-state index contributed by atoms with van der Waals surface area (Å²) in [5, 5.41) is 5.33. The molecule has 2 heterocycles. The minimum absolute atomic E-state index is 0.689. The van der Waals surface area contributed by atoms with E-state index in [1.807, 2.05) is 0 Å². The Hall–Kier alpha value is -2.26. The van der Waals surface area contributed by atoms with Crippen LogP contribution in [0.25, 0.3) is 21.5 Å². The lowest BCUT2D eigenvalue weighted by atomic mass is 9.82. The molecule has 134 valence electrons. The van der Waals surface area contributed by atoms with Gasteiger partial charge in [-0.3, -0.25) is 4.90 Å². The summed E-state index contributed by atoms with van der Waals surface area (Å²) in [5.74, 6) is 1.63. The minimum atomic E-state index is 0.689. The highest BCUT2D eigenvalue weighted by Gasteiger charge is 2.31. The van der Waals surface area contributed by atoms with Gasteiger partial charge in [-0.15, -0.1) is 0 Å². The molecule has 0 N–H and O–H groups in total. The highest BCUT2D eigenvalue weighted by Crippen LogP contribution is 2.43. The fraction of sp³-hybridized carbons (Fsp3) is 0.391. The fourth-order valence-electron chi connectivity index (χ4n) is 5.01. The van der Waals surface area contributed by atoms with E-state index in [0.29, 0.717) is 6.04 Å². The van der Waals surface area contributed by atoms with E-state index in [1.165, 1.54) is 58.5 Å². The number of ether oxygens (including phenoxy) is 2. The van der Waals surface area contributed by atoms with Gasteiger partial charge >= 0.3 is 0 Å². The van der Waals surface area contributed by atoms with Crippen LogP contribution in [0.4, 0.5) is 0 Å². The lowest BCUT2D eigenvalue weighted by molar-refractivity contribution is 0.128. The second-order valence-electron chi connectivity index (χ2n) is 7.58. The van der Waals surface area contributed by atoms with Crippen LogP contribution in [-0.4, -0.2) is 31.7 Å². The molecule has 0 radical (unpaired) electrons. The van der Waals surface area contributed by atoms with Gasteiger partial charge in [0.25, 0.3) is 0 Å². The van der Waals surface area contributed by atoms with E-state index in [9.17, 15) is 0 Å². The zero-order chi connectivity index (χ0) is 17.7. The molecule has 0 bridgehead atoms. The van der Waals surface area contributed by atoms with Crippen LogP contribution in [0.15, 0.2) is 36.4 Å². The van der Waals surface area contributed by atoms with Crippen molar-refractivity contribution in [1.82, 2.24) is 4.90 Å². The molecule has 0 amide bonds. The van der Waals surface area contributed by atoms with Gasteiger partial charge in [0, 0.05) is 12.6 Å². The lowest BCUT2D eigenvalue weighted by Crippen LogP contribution is -2.43. The maximum absolute atomic E-state index is 5.62. The number of fused-ring (bicyclic) bond motifs is 7. The van der Waals surface area contributed by atoms with E-state index in [4.69, 9.17) is 9.47 Å². The molecule has 26 heavy (non-hydrogen) atoms. The van der Waals surface area contributed by atoms with Crippen molar-refractivity contribution in [3.63, 3.8) is 0 Å². The smallest absolute Gasteiger partial charge is 0.161 e. The van der Waals surface area contributed by atoms with Crippen molar-refractivity contribution in [2.45, 2.75) is 38.3 Å². The number of rotatable bonds is 2. The van der Waals surface area contributed by atoms with Crippen molar-refractivity contribution in [2.24, 2.45) is 0 Å². The molecule has 2 aliphatic heterocycles. The van der Waals surface area contributed by atoms with Gasteiger partial charge in [0.1, 0.15) is 0 Å². The van der Waals surface area contributed by atoms with Gasteiger partial charge in [-0.2, -0.15) is 0 Å². The number of piperidine rings is 1. The average molecular weight is 347 g/mol. The molecule has 1 atom stereocenters. The van der Waals surface area contributed by atoms with Crippen LogP contribution in [0.3, 0.4) is 0 Å². The number of nitrogens with zero attached hydrogens (tertiary/aromatic N) is 1. The third-order valence-electron chi connectivity index (χ3n) is 6.31. The Bertz CT molecular complexity index is 995. The van der Waals surface area contributed by atoms with Crippen molar-refractivity contribution in [1.29, 1.82) is 0 Å². The molecular weight excluding hydrogens is 322 g/mol. The van der Waals surface area contributed by atoms with E-state index in [2.05, 4.69) is 41.3 Å². The topological polar surface area (TPSA) is 21.7 Å². The van der Waals surface area contributed by atoms with Crippen molar-refractivity contribution < 1.29 is 9.47 Å². The Morgan fingerprint density at radius 3 is 2.35 bits per heavy atom. The molecule has 3 heteroatoms. The van der Waals surface area contributed by atoms with Crippen LogP contribution in [-0.2, 0) is 13.0 Å². The molecule has 0 saturated carbocycles. The summed E-state index contributed by atoms with van der Waals surface area (Å²) in [5.41, 5.74) is 3.03. The van der Waals surface area contributed by atoms with E-state index < -0.39 is 0 Å². The van der Waals surface area contributed by atoms with Crippen LogP contribution in [0.2, 0.25) is 0 Å². The highest BCUT2D eigenvalue weighted by molar-refractivity contribution is 6.11. The standard InChI is InChI=1S/C23H25NO2/c1-25-22-12-19-16-8-3-4-9-17(16)21-14-24-10-6-5-7-15(24)11-18(21)20(19)13-23(22)26-2/h3-4,8-9,12-13,15H,5-7,10-11,14H2,1-2H3/t15-/m1/s1. The van der Waals surface area contributed by atoms with Gasteiger partial charge in [0.15, 0.2) is 11.5 Å². The first-order valence-corrected chi connectivity index (χ1v) is 9.62. The van der Waals surface area contributed by atoms with Crippen LogP contribution in [0.1, 0.15) is 30.4 Å². The summed E-state index contributed by atoms with van der Waals surface area (Å²) in [6.45, 7) is 2.31. The van der Waals surface area contributed by atoms with Crippen molar-refractivity contribution in [3.05, 3.63) is 47.5 Å². The summed E-state index contributed by atoms with van der Waals surface area (Å²) < 4.78 is 11.2. The first-order valence-electron chi connectivity index (χ1n) is 9.62. The van der Waals surface area contributed by atoms with E-state index in [-0.39, 0.29) is 0 Å². The normalized spacial score (nSPS) is 20.0. The molecule has 0 aliphatic carbocycles. The number of hydrogen-bond donors (Lipinski definition) is 0. The third-order valence-corrected chi connectivity index (χ3v) is 6.31. The zero-order valence-corrected chi connectivity index (χ0v) is 15.5. The van der Waals surface area contributed by atoms with Gasteiger partial charge < -0.3 is 9.47 Å². The van der Waals surface area contributed by atoms with Gasteiger partial charge in [-0.05, 0) is 70.6 Å². The quantitative estimate of drug-likeness (QED) is 0.614. The number of benzene rings is 3. The maximum Gasteiger partial charge on any atom is 0.161 e. The fourth-order valence-corrected chi connectivity index (χ4v) is 5.01. The first kappa shape index (κ1) is 16.0. The van der Waals surface area contributed by atoms with Crippen LogP contribution in [0, 0.1) is 0 Å². The molecular formula is C23H25NO2. The van der Waals surface area contributed by atoms with Crippen molar-refractivity contribution in [2.75, 3.05) is 20.8 Å². The summed E-state index contributed by atoms with van der Waals surface area (Å²) in [6, 6.07) is 13.9. The lowest BCUT2D eigenvalue weighted by Gasteiger charge is -2.41. The second kappa shape index (κ2) is 6.17. The molecule has 0 aromatic heterocycles. The predicted molar refractivity (Wildman–Crippen MR) is 106 cm³/mol. The van der Waals surface area contributed by atoms with E-state index in [0.717, 1.165) is 24.5 Å². The number of hydrogen-bond acceptors (Lipinski definition) is 3. The largest absolute Gasteiger partial charge is 0.493 e. The molecule has 2 aliphatic rings. The SMILES string of the molecule is COc1cc2c3c(c4ccccc4c2cc1OC)CN1CCCC[C@@H]1C3. The van der Waals surface area contributed by atoms with Crippen LogP contribution in [0.5, 0.6) is 11.5 Å². The van der Waals surface area contributed by atoms with E-state index in [1.54, 1.807) is 14.2 Å². The summed E-state index contributed by atoms with van der Waals surface area (Å²) >= 11 is 0. The van der Waals surface area contributed by atoms with Crippen molar-refractivity contribution >= 4 is 21.5 Å². The molecule has 3 aromatic rings. The van der Waals surface area contributed by atoms with Gasteiger partial charge in [-0.1, -0.05) is 30.7 Å². The zero-order valence-electron chi connectivity index (χ0n) is 15.5. The first-order chi connectivity index (χ1) is 12.8. The minimum Gasteiger partial charge on any atom is -0.493 e. The predicted octanol–water partition coefficient (Wildman–Crippen LogP) is 4.92. The highest BCUT2D eigenvalue weighted by atomic mass is 16.5. The molecule has 3 aromatic carbocycles. The Morgan fingerprint density at radius 1 is 0.846 bits per heavy atom. The molecule has 0 unspecified atom stereocenters. The summed E-state index contributed by atoms with van der Waals surface area (Å²) in [4.78, 5) is 2.70. The molecule has 5 rings (SSSR count). The molecule has 0 spiro atoms.